The third-order valence-electron chi connectivity index (χ3n) is 3.28. The van der Waals surface area contributed by atoms with Crippen molar-refractivity contribution in [1.29, 1.82) is 0 Å². The molecular weight excluding hydrogens is 218 g/mol. The molecule has 0 radical (unpaired) electrons. The van der Waals surface area contributed by atoms with E-state index in [-0.39, 0.29) is 6.04 Å². The first-order chi connectivity index (χ1) is 8.38. The number of rotatable bonds is 3. The molecule has 0 aliphatic carbocycles. The van der Waals surface area contributed by atoms with Crippen molar-refractivity contribution in [3.05, 3.63) is 23.3 Å². The lowest BCUT2D eigenvalue weighted by Gasteiger charge is -2.27. The minimum Gasteiger partial charge on any atom is -0.454 e. The Kier molecular flexibility index (Phi) is 2.91. The van der Waals surface area contributed by atoms with E-state index in [1.807, 2.05) is 6.92 Å². The third-order valence-corrected chi connectivity index (χ3v) is 3.28. The molecule has 2 aliphatic heterocycles. The highest BCUT2D eigenvalue weighted by Crippen LogP contribution is 2.38. The van der Waals surface area contributed by atoms with Gasteiger partial charge >= 0.3 is 0 Å². The van der Waals surface area contributed by atoms with Crippen molar-refractivity contribution in [2.45, 2.75) is 19.4 Å². The van der Waals surface area contributed by atoms with Crippen molar-refractivity contribution in [3.8, 4) is 11.5 Å². The van der Waals surface area contributed by atoms with Gasteiger partial charge in [-0.2, -0.15) is 0 Å². The van der Waals surface area contributed by atoms with Crippen molar-refractivity contribution < 1.29 is 14.2 Å². The Labute approximate surface area is 101 Å². The molecule has 1 aromatic carbocycles. The van der Waals surface area contributed by atoms with Gasteiger partial charge in [-0.3, -0.25) is 0 Å². The molecule has 1 unspecified atom stereocenters. The second-order valence-electron chi connectivity index (χ2n) is 4.32. The lowest BCUT2D eigenvalue weighted by Crippen LogP contribution is -2.32. The number of hydrogen-bond acceptors (Lipinski definition) is 4. The van der Waals surface area contributed by atoms with Crippen LogP contribution in [0.3, 0.4) is 0 Å². The topological polar surface area (TPSA) is 39.7 Å². The van der Waals surface area contributed by atoms with Crippen molar-refractivity contribution in [2.24, 2.45) is 0 Å². The molecule has 0 saturated carbocycles. The van der Waals surface area contributed by atoms with E-state index in [1.54, 1.807) is 0 Å². The van der Waals surface area contributed by atoms with Gasteiger partial charge in [0.25, 0.3) is 0 Å². The standard InChI is InChI=1S/C13H17NO3/c1-2-15-7-11-10-6-13-12(16-8-17-13)5-9(10)3-4-14-11/h5-6,11,14H,2-4,7-8H2,1H3. The highest BCUT2D eigenvalue weighted by molar-refractivity contribution is 5.50. The van der Waals surface area contributed by atoms with E-state index < -0.39 is 0 Å². The van der Waals surface area contributed by atoms with Crippen LogP contribution in [0, 0.1) is 0 Å². The van der Waals surface area contributed by atoms with E-state index in [4.69, 9.17) is 14.2 Å². The first kappa shape index (κ1) is 10.9. The summed E-state index contributed by atoms with van der Waals surface area (Å²) < 4.78 is 16.3. The van der Waals surface area contributed by atoms with Gasteiger partial charge < -0.3 is 19.5 Å². The fraction of sp³-hybridized carbons (Fsp3) is 0.538. The molecule has 4 heteroatoms. The van der Waals surface area contributed by atoms with Crippen molar-refractivity contribution >= 4 is 0 Å². The molecule has 0 aromatic heterocycles. The molecule has 0 saturated heterocycles. The van der Waals surface area contributed by atoms with Crippen LogP contribution in [0.5, 0.6) is 11.5 Å². The predicted octanol–water partition coefficient (Wildman–Crippen LogP) is 1.64. The number of hydrogen-bond donors (Lipinski definition) is 1. The molecule has 1 aromatic rings. The highest BCUT2D eigenvalue weighted by Gasteiger charge is 2.24. The molecule has 1 N–H and O–H groups in total. The number of nitrogens with one attached hydrogen (secondary N) is 1. The molecule has 0 fully saturated rings. The van der Waals surface area contributed by atoms with Gasteiger partial charge in [-0.1, -0.05) is 0 Å². The van der Waals surface area contributed by atoms with Gasteiger partial charge in [0.15, 0.2) is 11.5 Å². The lowest BCUT2D eigenvalue weighted by molar-refractivity contribution is 0.121. The average molecular weight is 235 g/mol. The van der Waals surface area contributed by atoms with Gasteiger partial charge in [0.2, 0.25) is 6.79 Å². The molecule has 0 spiro atoms. The summed E-state index contributed by atoms with van der Waals surface area (Å²) in [7, 11) is 0. The lowest BCUT2D eigenvalue weighted by atomic mass is 9.94. The zero-order valence-electron chi connectivity index (χ0n) is 9.99. The molecule has 17 heavy (non-hydrogen) atoms. The predicted molar refractivity (Wildman–Crippen MR) is 63.5 cm³/mol. The van der Waals surface area contributed by atoms with Crippen molar-refractivity contribution in [2.75, 3.05) is 26.6 Å². The molecule has 0 bridgehead atoms. The maximum absolute atomic E-state index is 5.51. The number of ether oxygens (including phenoxy) is 3. The zero-order valence-corrected chi connectivity index (χ0v) is 9.99. The highest BCUT2D eigenvalue weighted by atomic mass is 16.7. The first-order valence-corrected chi connectivity index (χ1v) is 6.12. The summed E-state index contributed by atoms with van der Waals surface area (Å²) in [6.07, 6.45) is 1.04. The average Bonchev–Trinajstić information content (AvgIpc) is 2.80. The minimum atomic E-state index is 0.271. The summed E-state index contributed by atoms with van der Waals surface area (Å²) in [5.41, 5.74) is 2.63. The van der Waals surface area contributed by atoms with Gasteiger partial charge in [-0.15, -0.1) is 0 Å². The van der Waals surface area contributed by atoms with Crippen LogP contribution in [0.2, 0.25) is 0 Å². The van der Waals surface area contributed by atoms with Gasteiger partial charge in [-0.25, -0.2) is 0 Å². The van der Waals surface area contributed by atoms with Crippen LogP contribution in [0.25, 0.3) is 0 Å². The van der Waals surface area contributed by atoms with Crippen molar-refractivity contribution in [1.82, 2.24) is 5.32 Å². The summed E-state index contributed by atoms with van der Waals surface area (Å²) in [5, 5.41) is 3.48. The maximum Gasteiger partial charge on any atom is 0.231 e. The Morgan fingerprint density at radius 3 is 3.00 bits per heavy atom. The van der Waals surface area contributed by atoms with Crippen LogP contribution in [0.1, 0.15) is 24.1 Å². The van der Waals surface area contributed by atoms with Gasteiger partial charge in [-0.05, 0) is 43.1 Å². The Morgan fingerprint density at radius 1 is 1.35 bits per heavy atom. The molecular formula is C13H17NO3. The van der Waals surface area contributed by atoms with E-state index >= 15 is 0 Å². The maximum atomic E-state index is 5.51. The first-order valence-electron chi connectivity index (χ1n) is 6.12. The van der Waals surface area contributed by atoms with Crippen LogP contribution >= 0.6 is 0 Å². The Bertz CT molecular complexity index is 419. The zero-order chi connectivity index (χ0) is 11.7. The van der Waals surface area contributed by atoms with Crippen LogP contribution in [-0.2, 0) is 11.2 Å². The molecule has 2 aliphatic rings. The molecule has 0 amide bonds. The summed E-state index contributed by atoms with van der Waals surface area (Å²) in [6.45, 7) is 4.80. The summed E-state index contributed by atoms with van der Waals surface area (Å²) in [5.74, 6) is 1.73. The second kappa shape index (κ2) is 4.55. The normalized spacial score (nSPS) is 21.4. The largest absolute Gasteiger partial charge is 0.454 e. The van der Waals surface area contributed by atoms with E-state index in [2.05, 4.69) is 17.4 Å². The summed E-state index contributed by atoms with van der Waals surface area (Å²) >= 11 is 0. The summed E-state index contributed by atoms with van der Waals surface area (Å²) in [6, 6.07) is 4.47. The smallest absolute Gasteiger partial charge is 0.231 e. The Hall–Kier alpha value is -1.26. The Balaban J connectivity index is 1.90. The fourth-order valence-corrected chi connectivity index (χ4v) is 2.42. The van der Waals surface area contributed by atoms with E-state index in [9.17, 15) is 0 Å². The molecule has 2 heterocycles. The summed E-state index contributed by atoms with van der Waals surface area (Å²) in [4.78, 5) is 0. The van der Waals surface area contributed by atoms with Crippen molar-refractivity contribution in [3.63, 3.8) is 0 Å². The van der Waals surface area contributed by atoms with Crippen LogP contribution in [0.4, 0.5) is 0 Å². The fourth-order valence-electron chi connectivity index (χ4n) is 2.42. The SMILES string of the molecule is CCOCC1NCCc2cc3c(cc21)OCO3. The van der Waals surface area contributed by atoms with E-state index in [1.165, 1.54) is 11.1 Å². The molecule has 3 rings (SSSR count). The molecule has 4 nitrogen and oxygen atoms in total. The molecule has 92 valence electrons. The van der Waals surface area contributed by atoms with Gasteiger partial charge in [0, 0.05) is 6.61 Å². The van der Waals surface area contributed by atoms with E-state index in [0.717, 1.165) is 31.1 Å². The van der Waals surface area contributed by atoms with Crippen LogP contribution in [-0.4, -0.2) is 26.6 Å². The van der Waals surface area contributed by atoms with Gasteiger partial charge in [0.1, 0.15) is 0 Å². The van der Waals surface area contributed by atoms with Crippen LogP contribution in [0.15, 0.2) is 12.1 Å². The van der Waals surface area contributed by atoms with Gasteiger partial charge in [0.05, 0.1) is 12.6 Å². The molecule has 1 atom stereocenters. The number of benzene rings is 1. The minimum absolute atomic E-state index is 0.271. The number of fused-ring (bicyclic) bond motifs is 2. The third kappa shape index (κ3) is 1.98. The Morgan fingerprint density at radius 2 is 2.18 bits per heavy atom. The second-order valence-corrected chi connectivity index (χ2v) is 4.32. The van der Waals surface area contributed by atoms with E-state index in [0.29, 0.717) is 13.4 Å². The monoisotopic (exact) mass is 235 g/mol. The van der Waals surface area contributed by atoms with Crippen LogP contribution < -0.4 is 14.8 Å². The quantitative estimate of drug-likeness (QED) is 0.864.